The van der Waals surface area contributed by atoms with E-state index in [0.717, 1.165) is 36.2 Å². The van der Waals surface area contributed by atoms with E-state index in [2.05, 4.69) is 46.1 Å². The average Bonchev–Trinajstić information content (AvgIpc) is 2.96. The molecule has 6 heteroatoms. The third-order valence-corrected chi connectivity index (χ3v) is 7.16. The maximum Gasteiger partial charge on any atom is 0.230 e. The van der Waals surface area contributed by atoms with Gasteiger partial charge in [0.2, 0.25) is 5.91 Å². The molecule has 2 heterocycles. The van der Waals surface area contributed by atoms with Gasteiger partial charge in [0, 0.05) is 31.1 Å². The summed E-state index contributed by atoms with van der Waals surface area (Å²) in [7, 11) is 2.12. The van der Waals surface area contributed by atoms with Crippen LogP contribution in [0.2, 0.25) is 0 Å². The lowest BCUT2D eigenvalue weighted by atomic mass is 9.79. The van der Waals surface area contributed by atoms with Crippen LogP contribution in [-0.4, -0.2) is 58.1 Å². The number of likely N-dealkylation sites (N-methyl/N-ethyl adjacent to an activating group) is 1. The van der Waals surface area contributed by atoms with E-state index < -0.39 is 6.23 Å². The summed E-state index contributed by atoms with van der Waals surface area (Å²) in [5.74, 6) is 0.0961. The lowest BCUT2D eigenvalue weighted by molar-refractivity contribution is -0.134. The van der Waals surface area contributed by atoms with Gasteiger partial charge < -0.3 is 14.6 Å². The number of amides is 1. The van der Waals surface area contributed by atoms with Gasteiger partial charge in [0.15, 0.2) is 0 Å². The molecule has 0 saturated carbocycles. The number of rotatable bonds is 4. The van der Waals surface area contributed by atoms with Crippen LogP contribution >= 0.6 is 15.9 Å². The van der Waals surface area contributed by atoms with Crippen molar-refractivity contribution in [1.82, 2.24) is 14.4 Å². The number of aliphatic hydroxyl groups excluding tert-OH is 1. The Morgan fingerprint density at radius 2 is 2.07 bits per heavy atom. The van der Waals surface area contributed by atoms with Gasteiger partial charge in [0.05, 0.1) is 16.0 Å². The number of benzene rings is 1. The predicted octanol–water partition coefficient (Wildman–Crippen LogP) is 3.65. The number of nitrogens with zero attached hydrogens (tertiary/aromatic N) is 3. The highest BCUT2D eigenvalue weighted by Gasteiger charge is 2.38. The first-order valence-electron chi connectivity index (χ1n) is 10.1. The Bertz CT molecular complexity index is 958. The second-order valence-corrected chi connectivity index (χ2v) is 8.62. The van der Waals surface area contributed by atoms with Gasteiger partial charge in [-0.25, -0.2) is 0 Å². The summed E-state index contributed by atoms with van der Waals surface area (Å²) in [6.07, 6.45) is 2.48. The molecule has 1 aliphatic heterocycles. The lowest BCUT2D eigenvalue weighted by Crippen LogP contribution is -2.47. The van der Waals surface area contributed by atoms with Crippen molar-refractivity contribution in [3.63, 3.8) is 0 Å². The maximum absolute atomic E-state index is 13.0. The quantitative estimate of drug-likeness (QED) is 0.780. The Labute approximate surface area is 174 Å². The molecule has 5 nitrogen and oxygen atoms in total. The van der Waals surface area contributed by atoms with Crippen LogP contribution in [0.5, 0.6) is 0 Å². The minimum absolute atomic E-state index is 0.116. The molecule has 2 aliphatic rings. The standard InChI is InChI=1S/C22H28BrN3O2/c1-5-25(6-2)22(28)14-10-16-15-8-7-9-18-20(15)17(11-19(16)24(4)12-14)21(23)26(18)13(3)27/h7-10,13-14,19,27H,5-6,11-12H2,1-4H3/t13?,14-,19-/m1/s1. The average molecular weight is 446 g/mol. The zero-order valence-electron chi connectivity index (χ0n) is 16.9. The zero-order chi connectivity index (χ0) is 20.2. The van der Waals surface area contributed by atoms with Crippen LogP contribution in [0, 0.1) is 5.92 Å². The minimum atomic E-state index is -0.607. The van der Waals surface area contributed by atoms with E-state index >= 15 is 0 Å². The summed E-state index contributed by atoms with van der Waals surface area (Å²) in [4.78, 5) is 17.3. The highest BCUT2D eigenvalue weighted by Crippen LogP contribution is 2.45. The van der Waals surface area contributed by atoms with E-state index in [0.29, 0.717) is 0 Å². The van der Waals surface area contributed by atoms with Crippen molar-refractivity contribution >= 4 is 38.3 Å². The van der Waals surface area contributed by atoms with E-state index in [1.165, 1.54) is 22.1 Å². The van der Waals surface area contributed by atoms with Crippen molar-refractivity contribution in [2.75, 3.05) is 26.7 Å². The van der Waals surface area contributed by atoms with Gasteiger partial charge in [-0.2, -0.15) is 0 Å². The number of fused-ring (bicyclic) bond motifs is 2. The fourth-order valence-electron chi connectivity index (χ4n) is 4.91. The second kappa shape index (κ2) is 7.32. The van der Waals surface area contributed by atoms with Crippen LogP contribution in [0.3, 0.4) is 0 Å². The van der Waals surface area contributed by atoms with Crippen LogP contribution in [0.1, 0.15) is 38.1 Å². The van der Waals surface area contributed by atoms with Gasteiger partial charge in [-0.05, 0) is 72.9 Å². The predicted molar refractivity (Wildman–Crippen MR) is 116 cm³/mol. The topological polar surface area (TPSA) is 48.7 Å². The summed E-state index contributed by atoms with van der Waals surface area (Å²) in [5.41, 5.74) is 4.71. The first-order valence-corrected chi connectivity index (χ1v) is 10.9. The molecule has 150 valence electrons. The normalized spacial score (nSPS) is 22.7. The van der Waals surface area contributed by atoms with Crippen molar-refractivity contribution in [3.05, 3.63) is 40.0 Å². The highest BCUT2D eigenvalue weighted by atomic mass is 79.9. The highest BCUT2D eigenvalue weighted by molar-refractivity contribution is 9.10. The van der Waals surface area contributed by atoms with Crippen LogP contribution in [0.25, 0.3) is 16.5 Å². The van der Waals surface area contributed by atoms with Crippen molar-refractivity contribution in [3.8, 4) is 0 Å². The molecule has 1 aromatic heterocycles. The molecule has 1 unspecified atom stereocenters. The number of hydrogen-bond donors (Lipinski definition) is 1. The third-order valence-electron chi connectivity index (χ3n) is 6.30. The molecule has 0 bridgehead atoms. The third kappa shape index (κ3) is 2.85. The molecular formula is C22H28BrN3O2. The molecular weight excluding hydrogens is 418 g/mol. The first-order chi connectivity index (χ1) is 13.4. The second-order valence-electron chi connectivity index (χ2n) is 7.87. The van der Waals surface area contributed by atoms with E-state index in [9.17, 15) is 9.90 Å². The number of carbonyl (C=O) groups is 1. The fourth-order valence-corrected chi connectivity index (χ4v) is 5.76. The molecule has 0 fully saturated rings. The molecule has 0 spiro atoms. The van der Waals surface area contributed by atoms with E-state index in [4.69, 9.17) is 0 Å². The summed E-state index contributed by atoms with van der Waals surface area (Å²) in [6, 6.07) is 6.51. The van der Waals surface area contributed by atoms with Crippen molar-refractivity contribution in [1.29, 1.82) is 0 Å². The molecule has 0 saturated heterocycles. The molecule has 1 N–H and O–H groups in total. The fraction of sp³-hybridized carbons (Fsp3) is 0.500. The number of hydrogen-bond acceptors (Lipinski definition) is 3. The molecule has 2 aromatic rings. The number of aromatic nitrogens is 1. The van der Waals surface area contributed by atoms with Gasteiger partial charge in [-0.15, -0.1) is 0 Å². The molecule has 1 aliphatic carbocycles. The summed E-state index contributed by atoms with van der Waals surface area (Å²) < 4.78 is 2.91. The largest absolute Gasteiger partial charge is 0.374 e. The SMILES string of the molecule is CCN(CC)C(=O)[C@@H]1C=C2c3cccc4c3c(c(Br)n4C(C)O)C[C@H]2N(C)C1. The number of aliphatic hydroxyl groups is 1. The molecule has 4 rings (SSSR count). The van der Waals surface area contributed by atoms with Crippen LogP contribution in [0.15, 0.2) is 28.9 Å². The maximum atomic E-state index is 13.0. The molecule has 28 heavy (non-hydrogen) atoms. The Kier molecular flexibility index (Phi) is 5.14. The van der Waals surface area contributed by atoms with Gasteiger partial charge in [-0.1, -0.05) is 18.2 Å². The number of carbonyl (C=O) groups excluding carboxylic acids is 1. The van der Waals surface area contributed by atoms with Crippen molar-refractivity contribution in [2.24, 2.45) is 5.92 Å². The number of halogens is 1. The Morgan fingerprint density at radius 1 is 1.36 bits per heavy atom. The van der Waals surface area contributed by atoms with Crippen LogP contribution < -0.4 is 0 Å². The Morgan fingerprint density at radius 3 is 2.71 bits per heavy atom. The van der Waals surface area contributed by atoms with Gasteiger partial charge in [0.25, 0.3) is 0 Å². The molecule has 1 aromatic carbocycles. The van der Waals surface area contributed by atoms with Gasteiger partial charge in [0.1, 0.15) is 6.23 Å². The molecule has 0 radical (unpaired) electrons. The Balaban J connectivity index is 1.88. The van der Waals surface area contributed by atoms with E-state index in [1.54, 1.807) is 6.92 Å². The van der Waals surface area contributed by atoms with Crippen LogP contribution in [-0.2, 0) is 11.2 Å². The summed E-state index contributed by atoms with van der Waals surface area (Å²) >= 11 is 3.74. The Hall–Kier alpha value is -1.63. The lowest BCUT2D eigenvalue weighted by Gasteiger charge is -2.40. The van der Waals surface area contributed by atoms with Crippen molar-refractivity contribution in [2.45, 2.75) is 39.5 Å². The summed E-state index contributed by atoms with van der Waals surface area (Å²) in [5, 5.41) is 11.5. The van der Waals surface area contributed by atoms with E-state index in [1.807, 2.05) is 29.4 Å². The van der Waals surface area contributed by atoms with Crippen LogP contribution in [0.4, 0.5) is 0 Å². The van der Waals surface area contributed by atoms with E-state index in [-0.39, 0.29) is 17.9 Å². The minimum Gasteiger partial charge on any atom is -0.374 e. The van der Waals surface area contributed by atoms with Gasteiger partial charge >= 0.3 is 0 Å². The smallest absolute Gasteiger partial charge is 0.230 e. The zero-order valence-corrected chi connectivity index (χ0v) is 18.5. The molecule has 3 atom stereocenters. The monoisotopic (exact) mass is 445 g/mol. The summed E-state index contributed by atoms with van der Waals surface area (Å²) in [6.45, 7) is 8.08. The molecule has 1 amide bonds. The van der Waals surface area contributed by atoms with Gasteiger partial charge in [-0.3, -0.25) is 9.69 Å². The van der Waals surface area contributed by atoms with Crippen molar-refractivity contribution < 1.29 is 9.90 Å². The first kappa shape index (κ1) is 19.7.